The summed E-state index contributed by atoms with van der Waals surface area (Å²) >= 11 is 0. The molecule has 1 aromatic carbocycles. The second kappa shape index (κ2) is 8.98. The van der Waals surface area contributed by atoms with Gasteiger partial charge in [-0.05, 0) is 38.7 Å². The Hall–Kier alpha value is -2.30. The number of benzene rings is 1. The predicted molar refractivity (Wildman–Crippen MR) is 92.3 cm³/mol. The van der Waals surface area contributed by atoms with E-state index in [-0.39, 0.29) is 12.1 Å². The molecule has 5 heteroatoms. The molecule has 124 valence electrons. The van der Waals surface area contributed by atoms with E-state index in [0.717, 1.165) is 31.6 Å². The maximum atomic E-state index is 11.9. The SMILES string of the molecule is Cc1nccn1CCCNC(=O)N[C@H](C)CCc1ccccc1. The van der Waals surface area contributed by atoms with Crippen molar-refractivity contribution >= 4 is 6.03 Å². The van der Waals surface area contributed by atoms with Crippen LogP contribution in [0, 0.1) is 6.92 Å². The molecule has 2 N–H and O–H groups in total. The van der Waals surface area contributed by atoms with Gasteiger partial charge in [0.15, 0.2) is 0 Å². The zero-order valence-corrected chi connectivity index (χ0v) is 14.0. The summed E-state index contributed by atoms with van der Waals surface area (Å²) in [4.78, 5) is 16.0. The molecule has 23 heavy (non-hydrogen) atoms. The van der Waals surface area contributed by atoms with E-state index in [1.807, 2.05) is 38.2 Å². The van der Waals surface area contributed by atoms with Gasteiger partial charge in [0.1, 0.15) is 5.82 Å². The third-order valence-electron chi connectivity index (χ3n) is 3.87. The minimum absolute atomic E-state index is 0.0899. The van der Waals surface area contributed by atoms with Crippen LogP contribution in [0.2, 0.25) is 0 Å². The van der Waals surface area contributed by atoms with Crippen molar-refractivity contribution in [1.29, 1.82) is 0 Å². The first kappa shape index (κ1) is 17.1. The number of amides is 2. The monoisotopic (exact) mass is 314 g/mol. The number of nitrogens with zero attached hydrogens (tertiary/aromatic N) is 2. The maximum Gasteiger partial charge on any atom is 0.314 e. The molecule has 2 amide bonds. The molecule has 0 fully saturated rings. The van der Waals surface area contributed by atoms with Crippen LogP contribution < -0.4 is 10.6 Å². The topological polar surface area (TPSA) is 59.0 Å². The second-order valence-corrected chi connectivity index (χ2v) is 5.85. The summed E-state index contributed by atoms with van der Waals surface area (Å²) in [5.74, 6) is 1.00. The van der Waals surface area contributed by atoms with Crippen molar-refractivity contribution in [3.8, 4) is 0 Å². The first-order valence-electron chi connectivity index (χ1n) is 8.21. The smallest absolute Gasteiger partial charge is 0.314 e. The quantitative estimate of drug-likeness (QED) is 0.736. The average molecular weight is 314 g/mol. The van der Waals surface area contributed by atoms with Crippen molar-refractivity contribution in [2.75, 3.05) is 6.54 Å². The molecule has 0 aliphatic heterocycles. The normalized spacial score (nSPS) is 11.9. The van der Waals surface area contributed by atoms with Gasteiger partial charge in [0.25, 0.3) is 0 Å². The standard InChI is InChI=1S/C18H26N4O/c1-15(9-10-17-7-4-3-5-8-17)21-18(23)20-11-6-13-22-14-12-19-16(22)2/h3-5,7-8,12,14-15H,6,9-11,13H2,1-2H3,(H2,20,21,23)/t15-/m1/s1. The van der Waals surface area contributed by atoms with Crippen LogP contribution in [0.15, 0.2) is 42.7 Å². The number of hydrogen-bond acceptors (Lipinski definition) is 2. The molecule has 2 rings (SSSR count). The molecule has 0 saturated heterocycles. The summed E-state index contributed by atoms with van der Waals surface area (Å²) in [6, 6.07) is 10.4. The summed E-state index contributed by atoms with van der Waals surface area (Å²) in [6.07, 6.45) is 6.56. The van der Waals surface area contributed by atoms with Gasteiger partial charge in [0, 0.05) is 31.5 Å². The molecule has 0 radical (unpaired) electrons. The third-order valence-corrected chi connectivity index (χ3v) is 3.87. The van der Waals surface area contributed by atoms with Gasteiger partial charge in [-0.2, -0.15) is 0 Å². The average Bonchev–Trinajstić information content (AvgIpc) is 2.96. The van der Waals surface area contributed by atoms with Crippen LogP contribution >= 0.6 is 0 Å². The van der Waals surface area contributed by atoms with Crippen LogP contribution in [0.25, 0.3) is 0 Å². The number of urea groups is 1. The van der Waals surface area contributed by atoms with E-state index >= 15 is 0 Å². The van der Waals surface area contributed by atoms with Gasteiger partial charge in [-0.1, -0.05) is 30.3 Å². The summed E-state index contributed by atoms with van der Waals surface area (Å²) in [6.45, 7) is 5.55. The molecular formula is C18H26N4O. The van der Waals surface area contributed by atoms with Gasteiger partial charge < -0.3 is 15.2 Å². The minimum Gasteiger partial charge on any atom is -0.338 e. The van der Waals surface area contributed by atoms with E-state index in [0.29, 0.717) is 6.54 Å². The highest BCUT2D eigenvalue weighted by Gasteiger charge is 2.07. The fraction of sp³-hybridized carbons (Fsp3) is 0.444. The van der Waals surface area contributed by atoms with E-state index in [1.165, 1.54) is 5.56 Å². The molecule has 5 nitrogen and oxygen atoms in total. The lowest BCUT2D eigenvalue weighted by Crippen LogP contribution is -2.41. The molecule has 1 aromatic heterocycles. The Bertz CT molecular complexity index is 594. The summed E-state index contributed by atoms with van der Waals surface area (Å²) in [5.41, 5.74) is 1.30. The lowest BCUT2D eigenvalue weighted by molar-refractivity contribution is 0.237. The van der Waals surface area contributed by atoms with E-state index < -0.39 is 0 Å². The number of hydrogen-bond donors (Lipinski definition) is 2. The van der Waals surface area contributed by atoms with Crippen LogP contribution in [0.4, 0.5) is 4.79 Å². The molecule has 0 saturated carbocycles. The number of rotatable bonds is 8. The molecule has 1 heterocycles. The number of carbonyl (C=O) groups is 1. The van der Waals surface area contributed by atoms with Gasteiger partial charge in [-0.3, -0.25) is 0 Å². The minimum atomic E-state index is -0.0899. The van der Waals surface area contributed by atoms with Gasteiger partial charge in [0.05, 0.1) is 0 Å². The van der Waals surface area contributed by atoms with E-state index in [9.17, 15) is 4.79 Å². The summed E-state index contributed by atoms with van der Waals surface area (Å²) < 4.78 is 2.09. The van der Waals surface area contributed by atoms with Gasteiger partial charge in [0.2, 0.25) is 0 Å². The van der Waals surface area contributed by atoms with Crippen LogP contribution in [-0.4, -0.2) is 28.2 Å². The van der Waals surface area contributed by atoms with Crippen molar-refractivity contribution < 1.29 is 4.79 Å². The number of aromatic nitrogens is 2. The number of imidazole rings is 1. The fourth-order valence-electron chi connectivity index (χ4n) is 2.47. The van der Waals surface area contributed by atoms with Crippen LogP contribution in [0.5, 0.6) is 0 Å². The predicted octanol–water partition coefficient (Wildman–Crippen LogP) is 2.90. The highest BCUT2D eigenvalue weighted by Crippen LogP contribution is 2.04. The highest BCUT2D eigenvalue weighted by molar-refractivity contribution is 5.74. The second-order valence-electron chi connectivity index (χ2n) is 5.85. The Morgan fingerprint density at radius 1 is 1.30 bits per heavy atom. The summed E-state index contributed by atoms with van der Waals surface area (Å²) in [5, 5.41) is 5.90. The Morgan fingerprint density at radius 3 is 2.78 bits per heavy atom. The Kier molecular flexibility index (Phi) is 6.66. The number of nitrogens with one attached hydrogen (secondary N) is 2. The molecule has 0 spiro atoms. The van der Waals surface area contributed by atoms with Crippen molar-refractivity contribution in [1.82, 2.24) is 20.2 Å². The molecule has 0 aliphatic carbocycles. The van der Waals surface area contributed by atoms with E-state index in [4.69, 9.17) is 0 Å². The number of carbonyl (C=O) groups excluding carboxylic acids is 1. The first-order valence-corrected chi connectivity index (χ1v) is 8.21. The molecule has 0 unspecified atom stereocenters. The molecule has 0 bridgehead atoms. The lowest BCUT2D eigenvalue weighted by atomic mass is 10.1. The van der Waals surface area contributed by atoms with E-state index in [2.05, 4.69) is 32.3 Å². The van der Waals surface area contributed by atoms with Gasteiger partial charge >= 0.3 is 6.03 Å². The molecular weight excluding hydrogens is 288 g/mol. The van der Waals surface area contributed by atoms with Crippen LogP contribution in [0.3, 0.4) is 0 Å². The van der Waals surface area contributed by atoms with Gasteiger partial charge in [-0.25, -0.2) is 9.78 Å². The molecule has 0 aliphatic rings. The molecule has 1 atom stereocenters. The Morgan fingerprint density at radius 2 is 2.09 bits per heavy atom. The first-order chi connectivity index (χ1) is 11.1. The number of aryl methyl sites for hydroxylation is 3. The van der Waals surface area contributed by atoms with Crippen molar-refractivity contribution in [2.24, 2.45) is 0 Å². The fourth-order valence-corrected chi connectivity index (χ4v) is 2.47. The molecule has 2 aromatic rings. The Balaban J connectivity index is 1.58. The van der Waals surface area contributed by atoms with Crippen LogP contribution in [0.1, 0.15) is 31.2 Å². The maximum absolute atomic E-state index is 11.9. The third kappa shape index (κ3) is 6.14. The highest BCUT2D eigenvalue weighted by atomic mass is 16.2. The zero-order chi connectivity index (χ0) is 16.5. The Labute approximate surface area is 138 Å². The lowest BCUT2D eigenvalue weighted by Gasteiger charge is -2.15. The van der Waals surface area contributed by atoms with Gasteiger partial charge in [-0.15, -0.1) is 0 Å². The zero-order valence-electron chi connectivity index (χ0n) is 14.0. The van der Waals surface area contributed by atoms with Crippen molar-refractivity contribution in [3.63, 3.8) is 0 Å². The largest absolute Gasteiger partial charge is 0.338 e. The van der Waals surface area contributed by atoms with E-state index in [1.54, 1.807) is 6.20 Å². The summed E-state index contributed by atoms with van der Waals surface area (Å²) in [7, 11) is 0. The van der Waals surface area contributed by atoms with Crippen molar-refractivity contribution in [2.45, 2.75) is 45.7 Å². The van der Waals surface area contributed by atoms with Crippen molar-refractivity contribution in [3.05, 3.63) is 54.1 Å². The van der Waals surface area contributed by atoms with Crippen LogP contribution in [-0.2, 0) is 13.0 Å².